The molecule has 0 radical (unpaired) electrons. The quantitative estimate of drug-likeness (QED) is 0.265. The van der Waals surface area contributed by atoms with Crippen LogP contribution in [0.3, 0.4) is 0 Å². The summed E-state index contributed by atoms with van der Waals surface area (Å²) in [6.45, 7) is 12.2. The maximum atomic E-state index is 13.0. The minimum Gasteiger partial charge on any atom is -0.295 e. The highest BCUT2D eigenvalue weighted by molar-refractivity contribution is 9.12. The van der Waals surface area contributed by atoms with Gasteiger partial charge in [0.1, 0.15) is 0 Å². The summed E-state index contributed by atoms with van der Waals surface area (Å²) in [7, 11) is 1.71. The Kier molecular flexibility index (Phi) is 11.9. The molecular formula is C26H34BrF3N2. The Bertz CT molecular complexity index is 889. The Morgan fingerprint density at radius 3 is 2.44 bits per heavy atom. The molecule has 0 heterocycles. The van der Waals surface area contributed by atoms with Gasteiger partial charge in [0.15, 0.2) is 0 Å². The van der Waals surface area contributed by atoms with Crippen LogP contribution in [-0.2, 0) is 6.18 Å². The highest BCUT2D eigenvalue weighted by Crippen LogP contribution is 2.32. The van der Waals surface area contributed by atoms with Gasteiger partial charge in [-0.1, -0.05) is 37.6 Å². The first-order valence-corrected chi connectivity index (χ1v) is 11.7. The van der Waals surface area contributed by atoms with Gasteiger partial charge in [-0.05, 0) is 91.7 Å². The molecule has 0 spiro atoms. The van der Waals surface area contributed by atoms with Gasteiger partial charge in [-0.3, -0.25) is 9.98 Å². The first-order valence-electron chi connectivity index (χ1n) is 10.9. The van der Waals surface area contributed by atoms with Crippen molar-refractivity contribution < 1.29 is 13.2 Å². The lowest BCUT2D eigenvalue weighted by atomic mass is 9.89. The second-order valence-electron chi connectivity index (χ2n) is 8.14. The zero-order valence-corrected chi connectivity index (χ0v) is 21.3. The average molecular weight is 511 g/mol. The van der Waals surface area contributed by atoms with Gasteiger partial charge in [-0.2, -0.15) is 13.2 Å². The molecule has 32 heavy (non-hydrogen) atoms. The molecule has 0 fully saturated rings. The van der Waals surface area contributed by atoms with E-state index in [9.17, 15) is 13.2 Å². The fourth-order valence-electron chi connectivity index (χ4n) is 3.40. The van der Waals surface area contributed by atoms with E-state index in [1.807, 2.05) is 6.92 Å². The first kappa shape index (κ1) is 28.1. The van der Waals surface area contributed by atoms with Crippen LogP contribution in [-0.4, -0.2) is 19.0 Å². The number of hydrogen-bond donors (Lipinski definition) is 0. The molecule has 0 saturated carbocycles. The number of alkyl halides is 3. The van der Waals surface area contributed by atoms with Crippen molar-refractivity contribution in [3.05, 3.63) is 63.8 Å². The first-order chi connectivity index (χ1) is 15.0. The van der Waals surface area contributed by atoms with Crippen molar-refractivity contribution in [1.82, 2.24) is 0 Å². The van der Waals surface area contributed by atoms with Crippen molar-refractivity contribution in [2.45, 2.75) is 66.0 Å². The van der Waals surface area contributed by atoms with Crippen molar-refractivity contribution in [1.29, 1.82) is 0 Å². The number of aliphatic imine (C=N–C) groups is 2. The van der Waals surface area contributed by atoms with Gasteiger partial charge in [0.2, 0.25) is 0 Å². The van der Waals surface area contributed by atoms with Gasteiger partial charge in [-0.15, -0.1) is 0 Å². The number of benzene rings is 1. The third-order valence-electron chi connectivity index (χ3n) is 5.01. The molecule has 176 valence electrons. The standard InChI is InChI=1S/C26H34BrF3N2/c1-7-10-21(25(15-18(2)3)32-20(5)24(27)17-31-6)12-8-11-19(4)22-13-9-14-23(16-22)26(28,29)30/h9,13-17,21H,4,7-8,10-12H2,1-3,5-6H3/b24-20-,31-17?,32-25?. The minimum absolute atomic E-state index is 0.262. The molecule has 1 atom stereocenters. The van der Waals surface area contributed by atoms with Gasteiger partial charge in [0, 0.05) is 24.9 Å². The highest BCUT2D eigenvalue weighted by Gasteiger charge is 2.30. The normalized spacial score (nSPS) is 14.3. The predicted molar refractivity (Wildman–Crippen MR) is 136 cm³/mol. The molecule has 1 aromatic rings. The maximum absolute atomic E-state index is 13.0. The van der Waals surface area contributed by atoms with Gasteiger partial charge in [0.25, 0.3) is 0 Å². The summed E-state index contributed by atoms with van der Waals surface area (Å²) in [5.74, 6) is 0.262. The number of rotatable bonds is 11. The monoisotopic (exact) mass is 510 g/mol. The average Bonchev–Trinajstić information content (AvgIpc) is 2.71. The summed E-state index contributed by atoms with van der Waals surface area (Å²) in [6.07, 6.45) is 3.88. The van der Waals surface area contributed by atoms with Crippen molar-refractivity contribution in [3.8, 4) is 0 Å². The third-order valence-corrected chi connectivity index (χ3v) is 5.78. The van der Waals surface area contributed by atoms with E-state index in [1.54, 1.807) is 19.3 Å². The summed E-state index contributed by atoms with van der Waals surface area (Å²) in [5, 5.41) is 0. The van der Waals surface area contributed by atoms with Crippen LogP contribution in [0.5, 0.6) is 0 Å². The molecule has 1 unspecified atom stereocenters. The number of allylic oxidation sites excluding steroid dienone is 5. The molecule has 0 aromatic heterocycles. The fourth-order valence-corrected chi connectivity index (χ4v) is 3.69. The van der Waals surface area contributed by atoms with Crippen LogP contribution >= 0.6 is 15.9 Å². The number of nitrogens with zero attached hydrogens (tertiary/aromatic N) is 2. The summed E-state index contributed by atoms with van der Waals surface area (Å²) in [4.78, 5) is 8.91. The molecule has 0 aliphatic carbocycles. The van der Waals surface area contributed by atoms with Crippen LogP contribution in [0.2, 0.25) is 0 Å². The Morgan fingerprint density at radius 1 is 1.19 bits per heavy atom. The second kappa shape index (κ2) is 13.6. The summed E-state index contributed by atoms with van der Waals surface area (Å²) < 4.78 is 39.9. The van der Waals surface area contributed by atoms with E-state index in [2.05, 4.69) is 54.3 Å². The Labute approximate surface area is 199 Å². The van der Waals surface area contributed by atoms with Gasteiger partial charge < -0.3 is 0 Å². The van der Waals surface area contributed by atoms with Crippen LogP contribution in [0.25, 0.3) is 5.57 Å². The summed E-state index contributed by atoms with van der Waals surface area (Å²) in [6, 6.07) is 5.41. The number of halogens is 4. The molecule has 1 aromatic carbocycles. The zero-order valence-electron chi connectivity index (χ0n) is 19.7. The fraction of sp³-hybridized carbons (Fsp3) is 0.462. The summed E-state index contributed by atoms with van der Waals surface area (Å²) >= 11 is 3.51. The van der Waals surface area contributed by atoms with Gasteiger partial charge in [-0.25, -0.2) is 0 Å². The van der Waals surface area contributed by atoms with E-state index >= 15 is 0 Å². The van der Waals surface area contributed by atoms with E-state index in [-0.39, 0.29) is 5.92 Å². The molecule has 2 nitrogen and oxygen atoms in total. The molecule has 0 N–H and O–H groups in total. The second-order valence-corrected chi connectivity index (χ2v) is 8.99. The largest absolute Gasteiger partial charge is 0.416 e. The highest BCUT2D eigenvalue weighted by atomic mass is 79.9. The maximum Gasteiger partial charge on any atom is 0.416 e. The van der Waals surface area contributed by atoms with E-state index in [1.165, 1.54) is 17.7 Å². The predicted octanol–water partition coefficient (Wildman–Crippen LogP) is 9.04. The topological polar surface area (TPSA) is 24.7 Å². The van der Waals surface area contributed by atoms with E-state index in [0.717, 1.165) is 53.2 Å². The lowest BCUT2D eigenvalue weighted by Crippen LogP contribution is -2.13. The molecule has 0 aliphatic rings. The molecule has 0 aliphatic heterocycles. The Hall–Kier alpha value is -1.95. The van der Waals surface area contributed by atoms with Crippen LogP contribution in [0.1, 0.15) is 70.9 Å². The van der Waals surface area contributed by atoms with Crippen molar-refractivity contribution in [3.63, 3.8) is 0 Å². The molecule has 0 saturated heterocycles. The van der Waals surface area contributed by atoms with Crippen LogP contribution in [0, 0.1) is 5.92 Å². The van der Waals surface area contributed by atoms with Crippen LogP contribution < -0.4 is 0 Å². The lowest BCUT2D eigenvalue weighted by molar-refractivity contribution is -0.137. The molecule has 0 bridgehead atoms. The van der Waals surface area contributed by atoms with Crippen molar-refractivity contribution in [2.24, 2.45) is 15.9 Å². The Balaban J connectivity index is 3.00. The third kappa shape index (κ3) is 9.68. The molecule has 0 amide bonds. The van der Waals surface area contributed by atoms with Gasteiger partial charge in [0.05, 0.1) is 15.7 Å². The summed E-state index contributed by atoms with van der Waals surface area (Å²) in [5.41, 5.74) is 3.69. The van der Waals surface area contributed by atoms with Crippen molar-refractivity contribution in [2.75, 3.05) is 7.05 Å². The molecule has 1 rings (SSSR count). The van der Waals surface area contributed by atoms with Crippen LogP contribution in [0.4, 0.5) is 13.2 Å². The van der Waals surface area contributed by atoms with Crippen molar-refractivity contribution >= 4 is 33.4 Å². The molecule has 6 heteroatoms. The molecular weight excluding hydrogens is 477 g/mol. The zero-order chi connectivity index (χ0) is 24.3. The SMILES string of the molecule is C=C(CCCC(CCC)C(C=C(C)C)=N/C(C)=C(\Br)C=NC)c1cccc(C(F)(F)F)c1. The van der Waals surface area contributed by atoms with Crippen LogP contribution in [0.15, 0.2) is 62.7 Å². The smallest absolute Gasteiger partial charge is 0.295 e. The van der Waals surface area contributed by atoms with E-state index < -0.39 is 11.7 Å². The minimum atomic E-state index is -4.35. The van der Waals surface area contributed by atoms with Gasteiger partial charge >= 0.3 is 6.18 Å². The van der Waals surface area contributed by atoms with E-state index in [0.29, 0.717) is 12.0 Å². The Morgan fingerprint density at radius 2 is 1.88 bits per heavy atom. The van der Waals surface area contributed by atoms with E-state index in [4.69, 9.17) is 4.99 Å². The lowest BCUT2D eigenvalue weighted by Gasteiger charge is -2.18. The number of hydrogen-bond acceptors (Lipinski definition) is 2.